The summed E-state index contributed by atoms with van der Waals surface area (Å²) in [5, 5.41) is 5.72. The first-order valence-electron chi connectivity index (χ1n) is 7.08. The Kier molecular flexibility index (Phi) is 2.97. The number of nitrogen functional groups attached to an aromatic ring is 1. The van der Waals surface area contributed by atoms with Crippen LogP contribution in [0.5, 0.6) is 0 Å². The fourth-order valence-corrected chi connectivity index (χ4v) is 2.45. The van der Waals surface area contributed by atoms with E-state index in [1.54, 1.807) is 6.20 Å². The highest BCUT2D eigenvalue weighted by Crippen LogP contribution is 2.33. The maximum absolute atomic E-state index is 6.19. The van der Waals surface area contributed by atoms with Gasteiger partial charge in [-0.2, -0.15) is 5.10 Å². The number of aryl methyl sites for hydroxylation is 1. The first kappa shape index (κ1) is 13.6. The molecule has 3 aromatic rings. The molecule has 2 aromatic heterocycles. The molecule has 2 heterocycles. The van der Waals surface area contributed by atoms with Crippen LogP contribution in [-0.2, 0) is 5.54 Å². The number of pyridine rings is 1. The second-order valence-corrected chi connectivity index (χ2v) is 6.40. The topological polar surface area (TPSA) is 56.7 Å². The van der Waals surface area contributed by atoms with Crippen LogP contribution >= 0.6 is 0 Å². The van der Waals surface area contributed by atoms with Crippen LogP contribution in [0.15, 0.2) is 36.5 Å². The van der Waals surface area contributed by atoms with Gasteiger partial charge in [-0.3, -0.25) is 0 Å². The largest absolute Gasteiger partial charge is 0.398 e. The zero-order valence-electron chi connectivity index (χ0n) is 12.9. The van der Waals surface area contributed by atoms with Crippen molar-refractivity contribution < 1.29 is 0 Å². The molecule has 0 bridgehead atoms. The van der Waals surface area contributed by atoms with Crippen molar-refractivity contribution in [2.75, 3.05) is 5.73 Å². The standard InChI is InChI=1S/C17H20N4/c1-11-5-7-12(8-6-11)15-14-13(18)9-10-19-16(14)21(20-15)17(2,3)4/h5-10H,1-4H3,(H2,18,19). The van der Waals surface area contributed by atoms with Gasteiger partial charge < -0.3 is 5.73 Å². The van der Waals surface area contributed by atoms with E-state index in [9.17, 15) is 0 Å². The number of anilines is 1. The summed E-state index contributed by atoms with van der Waals surface area (Å²) >= 11 is 0. The first-order valence-corrected chi connectivity index (χ1v) is 7.08. The second kappa shape index (κ2) is 4.58. The minimum atomic E-state index is -0.151. The molecule has 0 fully saturated rings. The Bertz CT molecular complexity index is 792. The molecule has 0 atom stereocenters. The van der Waals surface area contributed by atoms with Gasteiger partial charge in [-0.25, -0.2) is 9.67 Å². The molecule has 0 aliphatic heterocycles. The number of rotatable bonds is 1. The third kappa shape index (κ3) is 2.27. The van der Waals surface area contributed by atoms with Gasteiger partial charge in [-0.1, -0.05) is 29.8 Å². The minimum absolute atomic E-state index is 0.151. The molecular weight excluding hydrogens is 260 g/mol. The average Bonchev–Trinajstić information content (AvgIpc) is 2.80. The zero-order valence-corrected chi connectivity index (χ0v) is 12.9. The third-order valence-corrected chi connectivity index (χ3v) is 3.56. The average molecular weight is 280 g/mol. The molecular formula is C17H20N4. The van der Waals surface area contributed by atoms with Gasteiger partial charge in [0.15, 0.2) is 5.65 Å². The Labute approximate surface area is 124 Å². The molecule has 0 spiro atoms. The van der Waals surface area contributed by atoms with Gasteiger partial charge in [0, 0.05) is 17.4 Å². The lowest BCUT2D eigenvalue weighted by molar-refractivity contribution is 0.367. The highest BCUT2D eigenvalue weighted by molar-refractivity contribution is 5.99. The van der Waals surface area contributed by atoms with Crippen LogP contribution in [0.4, 0.5) is 5.69 Å². The number of hydrogen-bond acceptors (Lipinski definition) is 3. The number of nitrogens with two attached hydrogens (primary N) is 1. The van der Waals surface area contributed by atoms with Gasteiger partial charge in [0.1, 0.15) is 5.69 Å². The normalized spacial score (nSPS) is 12.0. The number of nitrogens with zero attached hydrogens (tertiary/aromatic N) is 3. The van der Waals surface area contributed by atoms with Crippen molar-refractivity contribution in [2.45, 2.75) is 33.2 Å². The Morgan fingerprint density at radius 3 is 2.33 bits per heavy atom. The van der Waals surface area contributed by atoms with E-state index in [0.29, 0.717) is 5.69 Å². The number of aromatic nitrogens is 3. The summed E-state index contributed by atoms with van der Waals surface area (Å²) in [5.41, 5.74) is 10.8. The summed E-state index contributed by atoms with van der Waals surface area (Å²) in [5.74, 6) is 0. The molecule has 2 N–H and O–H groups in total. The molecule has 0 unspecified atom stereocenters. The van der Waals surface area contributed by atoms with Gasteiger partial charge in [-0.05, 0) is 33.8 Å². The summed E-state index contributed by atoms with van der Waals surface area (Å²) in [6, 6.07) is 10.2. The second-order valence-electron chi connectivity index (χ2n) is 6.40. The first-order chi connectivity index (χ1) is 9.88. The summed E-state index contributed by atoms with van der Waals surface area (Å²) in [6.07, 6.45) is 1.74. The number of benzene rings is 1. The van der Waals surface area contributed by atoms with E-state index in [1.165, 1.54) is 5.56 Å². The van der Waals surface area contributed by atoms with Gasteiger partial charge >= 0.3 is 0 Å². The van der Waals surface area contributed by atoms with Crippen molar-refractivity contribution in [3.05, 3.63) is 42.1 Å². The lowest BCUT2D eigenvalue weighted by atomic mass is 10.1. The van der Waals surface area contributed by atoms with Crippen molar-refractivity contribution in [3.63, 3.8) is 0 Å². The molecule has 1 aromatic carbocycles. The quantitative estimate of drug-likeness (QED) is 0.738. The molecule has 0 aliphatic rings. The molecule has 4 nitrogen and oxygen atoms in total. The van der Waals surface area contributed by atoms with Crippen molar-refractivity contribution in [3.8, 4) is 11.3 Å². The van der Waals surface area contributed by atoms with E-state index in [2.05, 4.69) is 56.9 Å². The predicted octanol–water partition coefficient (Wildman–Crippen LogP) is 3.74. The SMILES string of the molecule is Cc1ccc(-c2nn(C(C)(C)C)c3nccc(N)c23)cc1. The van der Waals surface area contributed by atoms with Gasteiger partial charge in [0.25, 0.3) is 0 Å². The Morgan fingerprint density at radius 1 is 1.05 bits per heavy atom. The number of hydrogen-bond donors (Lipinski definition) is 1. The molecule has 0 saturated heterocycles. The summed E-state index contributed by atoms with van der Waals surface area (Å²) in [7, 11) is 0. The van der Waals surface area contributed by atoms with Crippen molar-refractivity contribution in [2.24, 2.45) is 0 Å². The zero-order chi connectivity index (χ0) is 15.2. The van der Waals surface area contributed by atoms with Crippen LogP contribution in [0.3, 0.4) is 0 Å². The maximum atomic E-state index is 6.19. The molecule has 3 rings (SSSR count). The molecule has 21 heavy (non-hydrogen) atoms. The highest BCUT2D eigenvalue weighted by atomic mass is 15.3. The lowest BCUT2D eigenvalue weighted by Crippen LogP contribution is -2.23. The molecule has 108 valence electrons. The molecule has 0 amide bonds. The molecule has 0 radical (unpaired) electrons. The number of fused-ring (bicyclic) bond motifs is 1. The van der Waals surface area contributed by atoms with Gasteiger partial charge in [-0.15, -0.1) is 0 Å². The lowest BCUT2D eigenvalue weighted by Gasteiger charge is -2.19. The molecule has 4 heteroatoms. The summed E-state index contributed by atoms with van der Waals surface area (Å²) in [4.78, 5) is 4.49. The van der Waals surface area contributed by atoms with Crippen LogP contribution in [0.1, 0.15) is 26.3 Å². The monoisotopic (exact) mass is 280 g/mol. The van der Waals surface area contributed by atoms with E-state index in [-0.39, 0.29) is 5.54 Å². The van der Waals surface area contributed by atoms with Crippen LogP contribution in [-0.4, -0.2) is 14.8 Å². The van der Waals surface area contributed by atoms with Crippen molar-refractivity contribution in [1.82, 2.24) is 14.8 Å². The van der Waals surface area contributed by atoms with Gasteiger partial charge in [0.2, 0.25) is 0 Å². The fraction of sp³-hybridized carbons (Fsp3) is 0.294. The molecule has 0 aliphatic carbocycles. The van der Waals surface area contributed by atoms with Crippen LogP contribution in [0.25, 0.3) is 22.3 Å². The van der Waals surface area contributed by atoms with E-state index in [1.807, 2.05) is 10.7 Å². The Morgan fingerprint density at radius 2 is 1.71 bits per heavy atom. The Hall–Kier alpha value is -2.36. The van der Waals surface area contributed by atoms with Crippen LogP contribution in [0.2, 0.25) is 0 Å². The van der Waals surface area contributed by atoms with Crippen LogP contribution < -0.4 is 5.73 Å². The van der Waals surface area contributed by atoms with Crippen molar-refractivity contribution >= 4 is 16.7 Å². The van der Waals surface area contributed by atoms with E-state index >= 15 is 0 Å². The Balaban J connectivity index is 2.35. The smallest absolute Gasteiger partial charge is 0.160 e. The summed E-state index contributed by atoms with van der Waals surface area (Å²) < 4.78 is 1.95. The van der Waals surface area contributed by atoms with Gasteiger partial charge in [0.05, 0.1) is 10.9 Å². The predicted molar refractivity (Wildman–Crippen MR) is 87.1 cm³/mol. The summed E-state index contributed by atoms with van der Waals surface area (Å²) in [6.45, 7) is 8.42. The van der Waals surface area contributed by atoms with E-state index < -0.39 is 0 Å². The third-order valence-electron chi connectivity index (χ3n) is 3.56. The maximum Gasteiger partial charge on any atom is 0.160 e. The van der Waals surface area contributed by atoms with E-state index in [0.717, 1.165) is 22.3 Å². The fourth-order valence-electron chi connectivity index (χ4n) is 2.45. The minimum Gasteiger partial charge on any atom is -0.398 e. The van der Waals surface area contributed by atoms with E-state index in [4.69, 9.17) is 10.8 Å². The van der Waals surface area contributed by atoms with Crippen molar-refractivity contribution in [1.29, 1.82) is 0 Å². The van der Waals surface area contributed by atoms with Crippen LogP contribution in [0, 0.1) is 6.92 Å². The highest BCUT2D eigenvalue weighted by Gasteiger charge is 2.23. The molecule has 0 saturated carbocycles.